The number of carbonyl (C=O) groups is 1. The molecule has 0 saturated heterocycles. The number of nitriles is 1. The summed E-state index contributed by atoms with van der Waals surface area (Å²) in [5.41, 5.74) is 3.42. The van der Waals surface area contributed by atoms with E-state index in [4.69, 9.17) is 9.47 Å². The smallest absolute Gasteiger partial charge is 0.266 e. The summed E-state index contributed by atoms with van der Waals surface area (Å²) in [6, 6.07) is 20.7. The Morgan fingerprint density at radius 3 is 2.33 bits per heavy atom. The van der Waals surface area contributed by atoms with E-state index in [1.165, 1.54) is 11.6 Å². The van der Waals surface area contributed by atoms with Gasteiger partial charge >= 0.3 is 0 Å². The van der Waals surface area contributed by atoms with Gasteiger partial charge in [-0.2, -0.15) is 5.26 Å². The number of hydrogen-bond acceptors (Lipinski definition) is 4. The summed E-state index contributed by atoms with van der Waals surface area (Å²) in [4.78, 5) is 12.6. The number of nitrogens with zero attached hydrogens (tertiary/aromatic N) is 1. The minimum Gasteiger partial charge on any atom is -0.490 e. The van der Waals surface area contributed by atoms with Gasteiger partial charge in [0.15, 0.2) is 11.5 Å². The first kappa shape index (κ1) is 24.6. The summed E-state index contributed by atoms with van der Waals surface area (Å²) in [5, 5.41) is 12.3. The van der Waals surface area contributed by atoms with Crippen LogP contribution >= 0.6 is 31.9 Å². The number of halogens is 2. The summed E-state index contributed by atoms with van der Waals surface area (Å²) in [6.45, 7) is 4.76. The first-order chi connectivity index (χ1) is 15.9. The van der Waals surface area contributed by atoms with Gasteiger partial charge in [-0.3, -0.25) is 4.79 Å². The van der Waals surface area contributed by atoms with Crippen molar-refractivity contribution in [3.05, 3.63) is 91.9 Å². The molecule has 0 aromatic heterocycles. The Balaban J connectivity index is 1.83. The zero-order chi connectivity index (χ0) is 23.8. The van der Waals surface area contributed by atoms with Gasteiger partial charge in [0.05, 0.1) is 6.61 Å². The molecule has 1 amide bonds. The highest BCUT2D eigenvalue weighted by atomic mass is 79.9. The summed E-state index contributed by atoms with van der Waals surface area (Å²) >= 11 is 6.88. The van der Waals surface area contributed by atoms with E-state index >= 15 is 0 Å². The number of ether oxygens (including phenoxy) is 2. The molecule has 1 N–H and O–H groups in total. The number of carbonyl (C=O) groups excluding carboxylic acids is 1. The average molecular weight is 570 g/mol. The van der Waals surface area contributed by atoms with Crippen molar-refractivity contribution < 1.29 is 14.3 Å². The van der Waals surface area contributed by atoms with Crippen LogP contribution in [0.5, 0.6) is 11.5 Å². The van der Waals surface area contributed by atoms with E-state index in [0.29, 0.717) is 40.4 Å². The number of nitrogens with one attached hydrogen (secondary N) is 1. The predicted octanol–water partition coefficient (Wildman–Crippen LogP) is 7.04. The van der Waals surface area contributed by atoms with E-state index in [2.05, 4.69) is 37.2 Å². The average Bonchev–Trinajstić information content (AvgIpc) is 2.80. The molecule has 0 aliphatic rings. The van der Waals surface area contributed by atoms with Crippen LogP contribution in [-0.2, 0) is 11.4 Å². The second-order valence-corrected chi connectivity index (χ2v) is 8.93. The van der Waals surface area contributed by atoms with Gasteiger partial charge in [-0.25, -0.2) is 0 Å². The molecule has 7 heteroatoms. The highest BCUT2D eigenvalue weighted by Gasteiger charge is 2.14. The molecule has 3 aromatic carbocycles. The third kappa shape index (κ3) is 6.95. The lowest BCUT2D eigenvalue weighted by molar-refractivity contribution is -0.112. The molecular weight excluding hydrogens is 548 g/mol. The maximum Gasteiger partial charge on any atom is 0.266 e. The molecule has 168 valence electrons. The van der Waals surface area contributed by atoms with Gasteiger partial charge in [0.25, 0.3) is 5.91 Å². The van der Waals surface area contributed by atoms with Gasteiger partial charge in [0.2, 0.25) is 0 Å². The summed E-state index contributed by atoms with van der Waals surface area (Å²) in [5.74, 6) is 0.605. The minimum absolute atomic E-state index is 0.0330. The Bertz CT molecular complexity index is 1200. The Morgan fingerprint density at radius 2 is 1.70 bits per heavy atom. The number of amides is 1. The van der Waals surface area contributed by atoms with Crippen molar-refractivity contribution in [2.75, 3.05) is 11.9 Å². The highest BCUT2D eigenvalue weighted by Crippen LogP contribution is 2.35. The quantitative estimate of drug-likeness (QED) is 0.233. The van der Waals surface area contributed by atoms with Crippen LogP contribution in [0.25, 0.3) is 6.08 Å². The molecule has 0 aliphatic carbocycles. The third-order valence-electron chi connectivity index (χ3n) is 4.64. The number of rotatable bonds is 8. The molecule has 0 atom stereocenters. The first-order valence-electron chi connectivity index (χ1n) is 10.2. The van der Waals surface area contributed by atoms with Crippen LogP contribution in [0, 0.1) is 18.3 Å². The number of benzene rings is 3. The monoisotopic (exact) mass is 568 g/mol. The molecule has 0 aliphatic heterocycles. The largest absolute Gasteiger partial charge is 0.490 e. The van der Waals surface area contributed by atoms with E-state index in [0.717, 1.165) is 10.0 Å². The van der Waals surface area contributed by atoms with Crippen molar-refractivity contribution >= 4 is 49.5 Å². The molecule has 3 rings (SSSR count). The van der Waals surface area contributed by atoms with Crippen molar-refractivity contribution in [3.63, 3.8) is 0 Å². The molecule has 5 nitrogen and oxygen atoms in total. The SMILES string of the molecule is CCOc1cc(/C=C(\C#N)C(=O)Nc2ccc(Br)cc2)c(Br)cc1OCc1ccc(C)cc1. The van der Waals surface area contributed by atoms with Crippen molar-refractivity contribution in [1.29, 1.82) is 5.26 Å². The van der Waals surface area contributed by atoms with Crippen molar-refractivity contribution in [1.82, 2.24) is 0 Å². The van der Waals surface area contributed by atoms with Crippen LogP contribution in [0.1, 0.15) is 23.6 Å². The Morgan fingerprint density at radius 1 is 1.03 bits per heavy atom. The Kier molecular flexibility index (Phi) is 8.70. The van der Waals surface area contributed by atoms with E-state index in [9.17, 15) is 10.1 Å². The molecule has 0 bridgehead atoms. The molecule has 0 spiro atoms. The fraction of sp³-hybridized carbons (Fsp3) is 0.154. The van der Waals surface area contributed by atoms with E-state index in [1.807, 2.05) is 56.3 Å². The number of hydrogen-bond donors (Lipinski definition) is 1. The second-order valence-electron chi connectivity index (χ2n) is 7.16. The number of anilines is 1. The van der Waals surface area contributed by atoms with E-state index in [-0.39, 0.29) is 5.57 Å². The lowest BCUT2D eigenvalue weighted by Gasteiger charge is -2.14. The highest BCUT2D eigenvalue weighted by molar-refractivity contribution is 9.10. The molecule has 33 heavy (non-hydrogen) atoms. The van der Waals surface area contributed by atoms with Crippen LogP contribution < -0.4 is 14.8 Å². The van der Waals surface area contributed by atoms with Gasteiger partial charge in [-0.05, 0) is 67.4 Å². The van der Waals surface area contributed by atoms with Crippen molar-refractivity contribution in [2.45, 2.75) is 20.5 Å². The molecule has 0 unspecified atom stereocenters. The van der Waals surface area contributed by atoms with Crippen LogP contribution in [-0.4, -0.2) is 12.5 Å². The third-order valence-corrected chi connectivity index (χ3v) is 5.86. The fourth-order valence-electron chi connectivity index (χ4n) is 2.92. The minimum atomic E-state index is -0.496. The molecule has 0 saturated carbocycles. The van der Waals surface area contributed by atoms with Gasteiger partial charge in [0, 0.05) is 14.6 Å². The topological polar surface area (TPSA) is 71.3 Å². The van der Waals surface area contributed by atoms with Crippen molar-refractivity contribution in [2.24, 2.45) is 0 Å². The maximum atomic E-state index is 12.6. The normalized spacial score (nSPS) is 10.9. The first-order valence-corrected chi connectivity index (χ1v) is 11.8. The second kappa shape index (κ2) is 11.7. The van der Waals surface area contributed by atoms with E-state index in [1.54, 1.807) is 24.3 Å². The molecular formula is C26H22Br2N2O3. The predicted molar refractivity (Wildman–Crippen MR) is 137 cm³/mol. The van der Waals surface area contributed by atoms with Gasteiger partial charge < -0.3 is 14.8 Å². The van der Waals surface area contributed by atoms with Crippen LogP contribution in [0.3, 0.4) is 0 Å². The standard InChI is InChI=1S/C26H22Br2N2O3/c1-3-32-24-13-19(12-20(15-29)26(31)30-22-10-8-21(27)9-11-22)23(28)14-25(24)33-16-18-6-4-17(2)5-7-18/h4-14H,3,16H2,1-2H3,(H,30,31)/b20-12+. The Labute approximate surface area is 210 Å². The lowest BCUT2D eigenvalue weighted by Crippen LogP contribution is -2.13. The summed E-state index contributed by atoms with van der Waals surface area (Å²) in [7, 11) is 0. The number of aryl methyl sites for hydroxylation is 1. The summed E-state index contributed by atoms with van der Waals surface area (Å²) < 4.78 is 13.3. The zero-order valence-corrected chi connectivity index (χ0v) is 21.4. The molecule has 3 aromatic rings. The van der Waals surface area contributed by atoms with Crippen molar-refractivity contribution in [3.8, 4) is 17.6 Å². The Hall–Kier alpha value is -3.08. The van der Waals surface area contributed by atoms with Gasteiger partial charge in [-0.15, -0.1) is 0 Å². The van der Waals surface area contributed by atoms with Crippen LogP contribution in [0.2, 0.25) is 0 Å². The van der Waals surface area contributed by atoms with Crippen LogP contribution in [0.15, 0.2) is 75.2 Å². The van der Waals surface area contributed by atoms with E-state index < -0.39 is 5.91 Å². The van der Waals surface area contributed by atoms with Gasteiger partial charge in [0.1, 0.15) is 18.2 Å². The summed E-state index contributed by atoms with van der Waals surface area (Å²) in [6.07, 6.45) is 1.52. The molecule has 0 fully saturated rings. The molecule has 0 heterocycles. The molecule has 0 radical (unpaired) electrons. The maximum absolute atomic E-state index is 12.6. The zero-order valence-electron chi connectivity index (χ0n) is 18.2. The van der Waals surface area contributed by atoms with Gasteiger partial charge in [-0.1, -0.05) is 61.7 Å². The van der Waals surface area contributed by atoms with Crippen LogP contribution in [0.4, 0.5) is 5.69 Å². The fourth-order valence-corrected chi connectivity index (χ4v) is 3.62. The lowest BCUT2D eigenvalue weighted by atomic mass is 10.1.